The molecule has 0 spiro atoms. The Hall–Kier alpha value is -2.02. The van der Waals surface area contributed by atoms with Crippen LogP contribution in [0.2, 0.25) is 0 Å². The third kappa shape index (κ3) is 3.18. The van der Waals surface area contributed by atoms with Crippen LogP contribution in [-0.4, -0.2) is 32.3 Å². The van der Waals surface area contributed by atoms with E-state index in [2.05, 4.69) is 19.7 Å². The molecular weight excluding hydrogens is 286 g/mol. The molecule has 0 saturated heterocycles. The number of nitrogens with zero attached hydrogens (tertiary/aromatic N) is 4. The lowest BCUT2D eigenvalue weighted by molar-refractivity contribution is 0.208. The average Bonchev–Trinajstić information content (AvgIpc) is 3.27. The van der Waals surface area contributed by atoms with Gasteiger partial charge in [-0.25, -0.2) is 9.78 Å². The minimum Gasteiger partial charge on any atom is -0.321 e. The summed E-state index contributed by atoms with van der Waals surface area (Å²) in [5.74, 6) is 1.36. The molecule has 2 aromatic heterocycles. The molecule has 0 aliphatic heterocycles. The fourth-order valence-electron chi connectivity index (χ4n) is 2.00. The molecule has 2 amide bonds. The highest BCUT2D eigenvalue weighted by molar-refractivity contribution is 7.09. The number of aromatic nitrogens is 3. The molecule has 2 heterocycles. The van der Waals surface area contributed by atoms with Crippen molar-refractivity contribution in [3.8, 4) is 0 Å². The Morgan fingerprint density at radius 3 is 3.00 bits per heavy atom. The molecule has 1 saturated carbocycles. The average molecular weight is 303 g/mol. The van der Waals surface area contributed by atoms with Crippen molar-refractivity contribution in [2.24, 2.45) is 0 Å². The predicted molar refractivity (Wildman–Crippen MR) is 81.3 cm³/mol. The Bertz CT molecular complexity index is 625. The van der Waals surface area contributed by atoms with E-state index in [1.165, 1.54) is 11.5 Å². The van der Waals surface area contributed by atoms with Crippen LogP contribution >= 0.6 is 11.5 Å². The molecule has 1 unspecified atom stereocenters. The fourth-order valence-corrected chi connectivity index (χ4v) is 2.63. The van der Waals surface area contributed by atoms with Gasteiger partial charge >= 0.3 is 6.03 Å². The van der Waals surface area contributed by atoms with E-state index < -0.39 is 0 Å². The SMILES string of the molecule is CC(c1cccnc1)N(C)C(=O)Nc1nc(C2CC2)ns1. The highest BCUT2D eigenvalue weighted by atomic mass is 32.1. The maximum absolute atomic E-state index is 12.3. The minimum atomic E-state index is -0.190. The molecule has 1 aliphatic carbocycles. The molecule has 1 N–H and O–H groups in total. The molecule has 6 nitrogen and oxygen atoms in total. The summed E-state index contributed by atoms with van der Waals surface area (Å²) in [6, 6.07) is 3.57. The summed E-state index contributed by atoms with van der Waals surface area (Å²) in [5.41, 5.74) is 0.992. The van der Waals surface area contributed by atoms with Crippen molar-refractivity contribution in [1.29, 1.82) is 0 Å². The number of pyridine rings is 1. The third-order valence-electron chi connectivity index (χ3n) is 3.67. The first-order chi connectivity index (χ1) is 10.1. The summed E-state index contributed by atoms with van der Waals surface area (Å²) in [7, 11) is 1.76. The van der Waals surface area contributed by atoms with Gasteiger partial charge in [-0.15, -0.1) is 0 Å². The number of amides is 2. The van der Waals surface area contributed by atoms with E-state index in [9.17, 15) is 4.79 Å². The lowest BCUT2D eigenvalue weighted by Crippen LogP contribution is -2.33. The molecule has 1 atom stereocenters. The van der Waals surface area contributed by atoms with E-state index in [0.717, 1.165) is 24.2 Å². The molecule has 2 aromatic rings. The second-order valence-electron chi connectivity index (χ2n) is 5.24. The van der Waals surface area contributed by atoms with E-state index in [4.69, 9.17) is 0 Å². The molecule has 0 aromatic carbocycles. The van der Waals surface area contributed by atoms with E-state index in [-0.39, 0.29) is 12.1 Å². The molecule has 0 radical (unpaired) electrons. The van der Waals surface area contributed by atoms with Crippen molar-refractivity contribution in [2.45, 2.75) is 31.7 Å². The number of nitrogens with one attached hydrogen (secondary N) is 1. The van der Waals surface area contributed by atoms with E-state index in [1.807, 2.05) is 19.1 Å². The summed E-state index contributed by atoms with van der Waals surface area (Å²) in [6.45, 7) is 1.96. The van der Waals surface area contributed by atoms with Crippen molar-refractivity contribution >= 4 is 22.7 Å². The van der Waals surface area contributed by atoms with Crippen LogP contribution in [0, 0.1) is 0 Å². The maximum Gasteiger partial charge on any atom is 0.323 e. The number of hydrogen-bond acceptors (Lipinski definition) is 5. The second kappa shape index (κ2) is 5.77. The van der Waals surface area contributed by atoms with Crippen molar-refractivity contribution in [1.82, 2.24) is 19.2 Å². The van der Waals surface area contributed by atoms with E-state index in [0.29, 0.717) is 11.0 Å². The van der Waals surface area contributed by atoms with Gasteiger partial charge in [0, 0.05) is 36.9 Å². The largest absolute Gasteiger partial charge is 0.323 e. The molecule has 0 bridgehead atoms. The number of carbonyl (C=O) groups is 1. The van der Waals surface area contributed by atoms with Crippen molar-refractivity contribution in [2.75, 3.05) is 12.4 Å². The Morgan fingerprint density at radius 1 is 1.52 bits per heavy atom. The van der Waals surface area contributed by atoms with Crippen LogP contribution in [0.15, 0.2) is 24.5 Å². The smallest absolute Gasteiger partial charge is 0.321 e. The van der Waals surface area contributed by atoms with Gasteiger partial charge in [0.15, 0.2) is 0 Å². The Kier molecular flexibility index (Phi) is 3.83. The number of anilines is 1. The van der Waals surface area contributed by atoms with Crippen LogP contribution in [0.3, 0.4) is 0 Å². The first-order valence-corrected chi connectivity index (χ1v) is 7.70. The number of urea groups is 1. The van der Waals surface area contributed by atoms with E-state index >= 15 is 0 Å². The van der Waals surface area contributed by atoms with Crippen molar-refractivity contribution < 1.29 is 4.79 Å². The lowest BCUT2D eigenvalue weighted by atomic mass is 10.1. The molecule has 7 heteroatoms. The van der Waals surface area contributed by atoms with E-state index in [1.54, 1.807) is 24.3 Å². The zero-order valence-corrected chi connectivity index (χ0v) is 12.8. The number of carbonyl (C=O) groups excluding carboxylic acids is 1. The number of hydrogen-bond donors (Lipinski definition) is 1. The van der Waals surface area contributed by atoms with Crippen LogP contribution in [0.5, 0.6) is 0 Å². The van der Waals surface area contributed by atoms with Crippen LogP contribution < -0.4 is 5.32 Å². The topological polar surface area (TPSA) is 71.0 Å². The molecule has 1 fully saturated rings. The molecule has 1 aliphatic rings. The van der Waals surface area contributed by atoms with Gasteiger partial charge in [-0.2, -0.15) is 4.37 Å². The second-order valence-corrected chi connectivity index (χ2v) is 5.99. The monoisotopic (exact) mass is 303 g/mol. The Balaban J connectivity index is 1.63. The normalized spacial score (nSPS) is 15.5. The minimum absolute atomic E-state index is 0.0606. The zero-order chi connectivity index (χ0) is 14.8. The summed E-state index contributed by atoms with van der Waals surface area (Å²) >= 11 is 1.24. The van der Waals surface area contributed by atoms with Gasteiger partial charge < -0.3 is 4.90 Å². The van der Waals surface area contributed by atoms with Gasteiger partial charge in [0.25, 0.3) is 0 Å². The van der Waals surface area contributed by atoms with Gasteiger partial charge in [-0.05, 0) is 31.4 Å². The standard InChI is InChI=1S/C14H17N5OS/c1-9(11-4-3-7-15-8-11)19(2)14(20)17-13-16-12(18-21-13)10-5-6-10/h3-4,7-10H,5-6H2,1-2H3,(H,16,17,18,20). The van der Waals surface area contributed by atoms with Crippen LogP contribution in [0.1, 0.15) is 43.1 Å². The fraction of sp³-hybridized carbons (Fsp3) is 0.429. The Labute approximate surface area is 127 Å². The third-order valence-corrected chi connectivity index (χ3v) is 4.31. The zero-order valence-electron chi connectivity index (χ0n) is 12.0. The molecule has 3 rings (SSSR count). The molecular formula is C14H17N5OS. The summed E-state index contributed by atoms with van der Waals surface area (Å²) < 4.78 is 4.28. The number of rotatable bonds is 4. The van der Waals surface area contributed by atoms with Crippen molar-refractivity contribution in [3.63, 3.8) is 0 Å². The van der Waals surface area contributed by atoms with Gasteiger partial charge in [-0.1, -0.05) is 6.07 Å². The lowest BCUT2D eigenvalue weighted by Gasteiger charge is -2.24. The van der Waals surface area contributed by atoms with Gasteiger partial charge in [0.2, 0.25) is 5.13 Å². The highest BCUT2D eigenvalue weighted by Crippen LogP contribution is 2.39. The highest BCUT2D eigenvalue weighted by Gasteiger charge is 2.28. The van der Waals surface area contributed by atoms with Gasteiger partial charge in [-0.3, -0.25) is 10.3 Å². The van der Waals surface area contributed by atoms with Gasteiger partial charge in [0.1, 0.15) is 5.82 Å². The molecule has 110 valence electrons. The first kappa shape index (κ1) is 13.9. The quantitative estimate of drug-likeness (QED) is 0.942. The van der Waals surface area contributed by atoms with Crippen LogP contribution in [0.4, 0.5) is 9.93 Å². The van der Waals surface area contributed by atoms with Gasteiger partial charge in [0.05, 0.1) is 6.04 Å². The summed E-state index contributed by atoms with van der Waals surface area (Å²) in [6.07, 6.45) is 5.80. The Morgan fingerprint density at radius 2 is 2.33 bits per heavy atom. The van der Waals surface area contributed by atoms with Crippen LogP contribution in [-0.2, 0) is 0 Å². The maximum atomic E-state index is 12.3. The first-order valence-electron chi connectivity index (χ1n) is 6.92. The summed E-state index contributed by atoms with van der Waals surface area (Å²) in [5, 5.41) is 3.37. The van der Waals surface area contributed by atoms with Crippen LogP contribution in [0.25, 0.3) is 0 Å². The summed E-state index contributed by atoms with van der Waals surface area (Å²) in [4.78, 5) is 22.3. The molecule has 21 heavy (non-hydrogen) atoms. The predicted octanol–water partition coefficient (Wildman–Crippen LogP) is 3.04. The van der Waals surface area contributed by atoms with Crippen molar-refractivity contribution in [3.05, 3.63) is 35.9 Å².